The summed E-state index contributed by atoms with van der Waals surface area (Å²) in [5.41, 5.74) is 3.54. The zero-order valence-electron chi connectivity index (χ0n) is 10.6. The Bertz CT molecular complexity index is 224. The van der Waals surface area contributed by atoms with Gasteiger partial charge in [0.15, 0.2) is 0 Å². The molecule has 15 heavy (non-hydrogen) atoms. The van der Waals surface area contributed by atoms with Crippen molar-refractivity contribution < 1.29 is 4.79 Å². The molecule has 0 aliphatic rings. The molecule has 0 aromatic heterocycles. The first-order valence-corrected chi connectivity index (χ1v) is 8.69. The van der Waals surface area contributed by atoms with Crippen LogP contribution >= 0.6 is 0 Å². The molecule has 0 amide bonds. The summed E-state index contributed by atoms with van der Waals surface area (Å²) >= 11 is 0. The number of carbonyl (C=O) groups excluding carboxylic acids is 1. The first-order chi connectivity index (χ1) is 7.14. The van der Waals surface area contributed by atoms with Gasteiger partial charge in [-0.2, -0.15) is 0 Å². The second kappa shape index (κ2) is 7.70. The minimum atomic E-state index is -1.26. The minimum Gasteiger partial charge on any atom is -0.303 e. The van der Waals surface area contributed by atoms with Crippen molar-refractivity contribution in [2.75, 3.05) is 0 Å². The number of carbonyl (C=O) groups is 1. The summed E-state index contributed by atoms with van der Waals surface area (Å²) in [5.74, 6) is 3.74. The van der Waals surface area contributed by atoms with Gasteiger partial charge < -0.3 is 4.79 Å². The van der Waals surface area contributed by atoms with Crippen LogP contribution in [-0.4, -0.2) is 14.4 Å². The topological polar surface area (TPSA) is 17.1 Å². The van der Waals surface area contributed by atoms with E-state index >= 15 is 0 Å². The Morgan fingerprint density at radius 1 is 1.20 bits per heavy atom. The zero-order valence-corrected chi connectivity index (χ0v) is 11.6. The molecule has 0 saturated heterocycles. The Morgan fingerprint density at radius 2 is 1.73 bits per heavy atom. The molecule has 0 rings (SSSR count). The van der Waals surface area contributed by atoms with Gasteiger partial charge in [-0.25, -0.2) is 0 Å². The van der Waals surface area contributed by atoms with Gasteiger partial charge in [0, 0.05) is 12.8 Å². The van der Waals surface area contributed by atoms with E-state index in [-0.39, 0.29) is 0 Å². The van der Waals surface area contributed by atoms with Crippen LogP contribution in [0.4, 0.5) is 0 Å². The normalized spacial score (nSPS) is 12.8. The lowest BCUT2D eigenvalue weighted by molar-refractivity contribution is -0.108. The SMILES string of the molecule is CC[Si](C#CC[C@H](C)CC=O)(CC)CC. The second-order valence-electron chi connectivity index (χ2n) is 4.35. The van der Waals surface area contributed by atoms with E-state index in [0.717, 1.165) is 12.7 Å². The Balaban J connectivity index is 4.28. The lowest BCUT2D eigenvalue weighted by Crippen LogP contribution is -2.29. The van der Waals surface area contributed by atoms with Crippen molar-refractivity contribution in [3.63, 3.8) is 0 Å². The summed E-state index contributed by atoms with van der Waals surface area (Å²) in [4.78, 5) is 10.3. The maximum Gasteiger partial charge on any atom is 0.137 e. The van der Waals surface area contributed by atoms with Gasteiger partial charge in [0.1, 0.15) is 14.4 Å². The van der Waals surface area contributed by atoms with Gasteiger partial charge in [0.2, 0.25) is 0 Å². The molecule has 0 saturated carbocycles. The quantitative estimate of drug-likeness (QED) is 0.382. The van der Waals surface area contributed by atoms with Crippen LogP contribution in [0.15, 0.2) is 0 Å². The second-order valence-corrected chi connectivity index (χ2v) is 9.29. The Kier molecular flexibility index (Phi) is 7.42. The van der Waals surface area contributed by atoms with Gasteiger partial charge in [0.05, 0.1) is 0 Å². The van der Waals surface area contributed by atoms with Gasteiger partial charge >= 0.3 is 0 Å². The van der Waals surface area contributed by atoms with Crippen molar-refractivity contribution >= 4 is 14.4 Å². The maximum atomic E-state index is 10.3. The molecule has 1 atom stereocenters. The van der Waals surface area contributed by atoms with Gasteiger partial charge in [-0.3, -0.25) is 0 Å². The van der Waals surface area contributed by atoms with E-state index in [1.165, 1.54) is 18.1 Å². The summed E-state index contributed by atoms with van der Waals surface area (Å²) in [6.45, 7) is 8.89. The van der Waals surface area contributed by atoms with Crippen molar-refractivity contribution in [1.29, 1.82) is 0 Å². The predicted octanol–water partition coefficient (Wildman–Crippen LogP) is 3.65. The molecule has 0 bridgehead atoms. The highest BCUT2D eigenvalue weighted by molar-refractivity contribution is 6.87. The summed E-state index contributed by atoms with van der Waals surface area (Å²) in [6, 6.07) is 3.78. The van der Waals surface area contributed by atoms with Crippen molar-refractivity contribution in [2.45, 2.75) is 58.7 Å². The Morgan fingerprint density at radius 3 is 2.13 bits per heavy atom. The molecule has 2 heteroatoms. The van der Waals surface area contributed by atoms with Crippen LogP contribution in [0.3, 0.4) is 0 Å². The maximum absolute atomic E-state index is 10.3. The third-order valence-electron chi connectivity index (χ3n) is 3.33. The smallest absolute Gasteiger partial charge is 0.137 e. The van der Waals surface area contributed by atoms with Crippen molar-refractivity contribution in [3.05, 3.63) is 0 Å². The highest BCUT2D eigenvalue weighted by atomic mass is 28.3. The van der Waals surface area contributed by atoms with Gasteiger partial charge in [-0.05, 0) is 24.1 Å². The third kappa shape index (κ3) is 5.18. The van der Waals surface area contributed by atoms with Crippen molar-refractivity contribution in [1.82, 2.24) is 0 Å². The van der Waals surface area contributed by atoms with Crippen molar-refractivity contribution in [2.24, 2.45) is 5.92 Å². The van der Waals surface area contributed by atoms with E-state index in [1.807, 2.05) is 0 Å². The van der Waals surface area contributed by atoms with Crippen LogP contribution in [0.25, 0.3) is 0 Å². The van der Waals surface area contributed by atoms with Crippen molar-refractivity contribution in [3.8, 4) is 11.5 Å². The lowest BCUT2D eigenvalue weighted by atomic mass is 10.1. The van der Waals surface area contributed by atoms with Gasteiger partial charge in [-0.15, -0.1) is 11.5 Å². The Hall–Kier alpha value is -0.553. The highest BCUT2D eigenvalue weighted by Gasteiger charge is 2.23. The lowest BCUT2D eigenvalue weighted by Gasteiger charge is -2.20. The molecule has 0 unspecified atom stereocenters. The molecule has 0 aromatic carbocycles. The molecule has 0 aliphatic carbocycles. The molecule has 0 heterocycles. The molecule has 0 aliphatic heterocycles. The molecule has 0 fully saturated rings. The fourth-order valence-electron chi connectivity index (χ4n) is 1.68. The average Bonchev–Trinajstić information content (AvgIpc) is 2.25. The fourth-order valence-corrected chi connectivity index (χ4v) is 4.18. The average molecular weight is 224 g/mol. The van der Waals surface area contributed by atoms with E-state index < -0.39 is 8.07 Å². The summed E-state index contributed by atoms with van der Waals surface area (Å²) in [7, 11) is -1.26. The number of hydrogen-bond donors (Lipinski definition) is 0. The number of hydrogen-bond acceptors (Lipinski definition) is 1. The van der Waals surface area contributed by atoms with E-state index in [1.54, 1.807) is 0 Å². The van der Waals surface area contributed by atoms with Crippen LogP contribution < -0.4 is 0 Å². The van der Waals surface area contributed by atoms with E-state index in [4.69, 9.17) is 0 Å². The van der Waals surface area contributed by atoms with Crippen LogP contribution in [0, 0.1) is 17.4 Å². The number of aldehydes is 1. The minimum absolute atomic E-state index is 0.423. The predicted molar refractivity (Wildman–Crippen MR) is 69.4 cm³/mol. The van der Waals surface area contributed by atoms with E-state index in [0.29, 0.717) is 12.3 Å². The molecular weight excluding hydrogens is 200 g/mol. The molecular formula is C13H24OSi. The zero-order chi connectivity index (χ0) is 11.7. The van der Waals surface area contributed by atoms with E-state index in [2.05, 4.69) is 39.2 Å². The summed E-state index contributed by atoms with van der Waals surface area (Å²) in [6.07, 6.45) is 2.53. The fraction of sp³-hybridized carbons (Fsp3) is 0.769. The standard InChI is InChI=1S/C13H24OSi/c1-5-15(6-2,7-3)12-8-9-13(4)10-11-14/h11,13H,5-7,9-10H2,1-4H3/t13-/m0/s1. The highest BCUT2D eigenvalue weighted by Crippen LogP contribution is 2.19. The molecule has 0 aromatic rings. The molecule has 0 spiro atoms. The van der Waals surface area contributed by atoms with Crippen LogP contribution in [0.5, 0.6) is 0 Å². The third-order valence-corrected chi connectivity index (χ3v) is 8.10. The Labute approximate surface area is 95.7 Å². The molecule has 0 N–H and O–H groups in total. The van der Waals surface area contributed by atoms with E-state index in [9.17, 15) is 4.79 Å². The monoisotopic (exact) mass is 224 g/mol. The largest absolute Gasteiger partial charge is 0.303 e. The first kappa shape index (κ1) is 14.4. The van der Waals surface area contributed by atoms with Crippen LogP contribution in [0.1, 0.15) is 40.5 Å². The van der Waals surface area contributed by atoms with Gasteiger partial charge in [0.25, 0.3) is 0 Å². The molecule has 1 nitrogen and oxygen atoms in total. The first-order valence-electron chi connectivity index (χ1n) is 6.07. The summed E-state index contributed by atoms with van der Waals surface area (Å²) in [5, 5.41) is 0. The number of rotatable bonds is 6. The molecule has 86 valence electrons. The molecule has 0 radical (unpaired) electrons. The van der Waals surface area contributed by atoms with Gasteiger partial charge in [-0.1, -0.05) is 27.7 Å². The summed E-state index contributed by atoms with van der Waals surface area (Å²) < 4.78 is 0. The van der Waals surface area contributed by atoms with Crippen LogP contribution in [-0.2, 0) is 4.79 Å². The van der Waals surface area contributed by atoms with Crippen LogP contribution in [0.2, 0.25) is 18.1 Å².